The van der Waals surface area contributed by atoms with Crippen LogP contribution in [0.1, 0.15) is 38.3 Å². The minimum Gasteiger partial charge on any atom is -0.490 e. The summed E-state index contributed by atoms with van der Waals surface area (Å²) < 4.78 is 6.08. The van der Waals surface area contributed by atoms with Crippen LogP contribution in [-0.2, 0) is 6.54 Å². The summed E-state index contributed by atoms with van der Waals surface area (Å²) in [5, 5.41) is 3.07. The smallest absolute Gasteiger partial charge is 0.188 e. The molecule has 0 aliphatic carbocycles. The zero-order valence-corrected chi connectivity index (χ0v) is 13.2. The van der Waals surface area contributed by atoms with Crippen molar-refractivity contribution in [3.8, 4) is 5.75 Å². The molecule has 1 atom stereocenters. The normalized spacial score (nSPS) is 13.4. The summed E-state index contributed by atoms with van der Waals surface area (Å²) in [5.74, 6) is 1.99. The number of benzene rings is 1. The number of guanidine groups is 1. The van der Waals surface area contributed by atoms with Crippen molar-refractivity contribution in [3.05, 3.63) is 29.3 Å². The Morgan fingerprint density at radius 1 is 1.35 bits per heavy atom. The zero-order valence-electron chi connectivity index (χ0n) is 13.2. The summed E-state index contributed by atoms with van der Waals surface area (Å²) in [6, 6.07) is 6.23. The van der Waals surface area contributed by atoms with Crippen molar-refractivity contribution >= 4 is 5.96 Å². The van der Waals surface area contributed by atoms with Crippen LogP contribution in [0.15, 0.2) is 23.2 Å². The highest BCUT2D eigenvalue weighted by atomic mass is 16.5. The SMILES string of the molecule is CN=C(N)NCc1ccc(C)cc1OC(C)CC(C)C. The van der Waals surface area contributed by atoms with E-state index >= 15 is 0 Å². The maximum atomic E-state index is 6.08. The van der Waals surface area contributed by atoms with Crippen LogP contribution < -0.4 is 15.8 Å². The van der Waals surface area contributed by atoms with E-state index in [1.165, 1.54) is 5.56 Å². The average molecular weight is 277 g/mol. The molecular formula is C16H27N3O. The highest BCUT2D eigenvalue weighted by Crippen LogP contribution is 2.23. The Kier molecular flexibility index (Phi) is 6.36. The van der Waals surface area contributed by atoms with Gasteiger partial charge in [-0.1, -0.05) is 26.0 Å². The van der Waals surface area contributed by atoms with Gasteiger partial charge in [0.25, 0.3) is 0 Å². The molecule has 3 N–H and O–H groups in total. The number of nitrogens with two attached hydrogens (primary N) is 1. The Bertz CT molecular complexity index is 455. The summed E-state index contributed by atoms with van der Waals surface area (Å²) >= 11 is 0. The minimum atomic E-state index is 0.202. The van der Waals surface area contributed by atoms with E-state index in [-0.39, 0.29) is 6.10 Å². The Labute approximate surface area is 122 Å². The third kappa shape index (κ3) is 5.51. The maximum Gasteiger partial charge on any atom is 0.188 e. The Morgan fingerprint density at radius 2 is 2.05 bits per heavy atom. The second-order valence-electron chi connectivity index (χ2n) is 5.63. The molecule has 4 nitrogen and oxygen atoms in total. The van der Waals surface area contributed by atoms with Gasteiger partial charge in [-0.15, -0.1) is 0 Å². The molecule has 1 aromatic carbocycles. The fraction of sp³-hybridized carbons (Fsp3) is 0.562. The van der Waals surface area contributed by atoms with Gasteiger partial charge in [0.1, 0.15) is 5.75 Å². The number of aryl methyl sites for hydroxylation is 1. The Balaban J connectivity index is 2.79. The molecule has 0 spiro atoms. The van der Waals surface area contributed by atoms with Crippen molar-refractivity contribution in [2.24, 2.45) is 16.6 Å². The predicted molar refractivity (Wildman–Crippen MR) is 85.1 cm³/mol. The highest BCUT2D eigenvalue weighted by Gasteiger charge is 2.10. The number of aliphatic imine (C=N–C) groups is 1. The second kappa shape index (κ2) is 7.78. The van der Waals surface area contributed by atoms with Crippen molar-refractivity contribution < 1.29 is 4.74 Å². The predicted octanol–water partition coefficient (Wildman–Crippen LogP) is 2.84. The van der Waals surface area contributed by atoms with Crippen LogP contribution >= 0.6 is 0 Å². The summed E-state index contributed by atoms with van der Waals surface area (Å²) in [5.41, 5.74) is 7.95. The van der Waals surface area contributed by atoms with Gasteiger partial charge >= 0.3 is 0 Å². The Hall–Kier alpha value is -1.71. The van der Waals surface area contributed by atoms with E-state index in [4.69, 9.17) is 10.5 Å². The van der Waals surface area contributed by atoms with Gasteiger partial charge in [-0.05, 0) is 37.8 Å². The molecule has 0 aliphatic rings. The van der Waals surface area contributed by atoms with E-state index in [0.717, 1.165) is 17.7 Å². The van der Waals surface area contributed by atoms with E-state index in [1.54, 1.807) is 7.05 Å². The lowest BCUT2D eigenvalue weighted by atomic mass is 10.1. The molecule has 1 aromatic rings. The van der Waals surface area contributed by atoms with Crippen LogP contribution in [0.3, 0.4) is 0 Å². The maximum absolute atomic E-state index is 6.08. The van der Waals surface area contributed by atoms with Crippen LogP contribution in [0.5, 0.6) is 5.75 Å². The molecule has 0 aliphatic heterocycles. The van der Waals surface area contributed by atoms with Gasteiger partial charge in [-0.25, -0.2) is 0 Å². The van der Waals surface area contributed by atoms with E-state index in [9.17, 15) is 0 Å². The fourth-order valence-corrected chi connectivity index (χ4v) is 2.11. The van der Waals surface area contributed by atoms with Gasteiger partial charge in [0.15, 0.2) is 5.96 Å². The van der Waals surface area contributed by atoms with Gasteiger partial charge in [0, 0.05) is 19.2 Å². The summed E-state index contributed by atoms with van der Waals surface area (Å²) in [4.78, 5) is 3.89. The van der Waals surface area contributed by atoms with Crippen molar-refractivity contribution in [2.45, 2.75) is 46.8 Å². The number of hydrogen-bond donors (Lipinski definition) is 2. The van der Waals surface area contributed by atoms with E-state index in [0.29, 0.717) is 18.4 Å². The molecule has 0 heterocycles. The first-order valence-electron chi connectivity index (χ1n) is 7.14. The van der Waals surface area contributed by atoms with Crippen LogP contribution in [0.25, 0.3) is 0 Å². The number of ether oxygens (including phenoxy) is 1. The number of nitrogens with one attached hydrogen (secondary N) is 1. The third-order valence-corrected chi connectivity index (χ3v) is 3.06. The highest BCUT2D eigenvalue weighted by molar-refractivity contribution is 5.77. The lowest BCUT2D eigenvalue weighted by Crippen LogP contribution is -2.31. The van der Waals surface area contributed by atoms with Crippen molar-refractivity contribution in [3.63, 3.8) is 0 Å². The molecule has 0 bridgehead atoms. The molecule has 112 valence electrons. The van der Waals surface area contributed by atoms with Gasteiger partial charge in [-0.2, -0.15) is 0 Å². The molecule has 0 saturated carbocycles. The fourth-order valence-electron chi connectivity index (χ4n) is 2.11. The minimum absolute atomic E-state index is 0.202. The first kappa shape index (κ1) is 16.3. The van der Waals surface area contributed by atoms with E-state index in [2.05, 4.69) is 56.2 Å². The molecule has 1 unspecified atom stereocenters. The number of rotatable bonds is 6. The van der Waals surface area contributed by atoms with Crippen LogP contribution in [0.2, 0.25) is 0 Å². The lowest BCUT2D eigenvalue weighted by molar-refractivity contribution is 0.191. The van der Waals surface area contributed by atoms with Crippen LogP contribution in [0, 0.1) is 12.8 Å². The largest absolute Gasteiger partial charge is 0.490 e. The molecule has 4 heteroatoms. The summed E-state index contributed by atoms with van der Waals surface area (Å²) in [6.07, 6.45) is 1.24. The second-order valence-corrected chi connectivity index (χ2v) is 5.63. The van der Waals surface area contributed by atoms with E-state index in [1.807, 2.05) is 0 Å². The molecule has 0 amide bonds. The van der Waals surface area contributed by atoms with Crippen LogP contribution in [0.4, 0.5) is 0 Å². The molecule has 0 radical (unpaired) electrons. The molecule has 0 fully saturated rings. The molecule has 20 heavy (non-hydrogen) atoms. The number of nitrogens with zero attached hydrogens (tertiary/aromatic N) is 1. The number of hydrogen-bond acceptors (Lipinski definition) is 2. The lowest BCUT2D eigenvalue weighted by Gasteiger charge is -2.20. The van der Waals surface area contributed by atoms with Crippen LogP contribution in [-0.4, -0.2) is 19.1 Å². The van der Waals surface area contributed by atoms with Crippen molar-refractivity contribution in [1.82, 2.24) is 5.32 Å². The summed E-state index contributed by atoms with van der Waals surface area (Å²) in [7, 11) is 1.67. The standard InChI is InChI=1S/C16H27N3O/c1-11(2)8-13(4)20-15-9-12(3)6-7-14(15)10-19-16(17)18-5/h6-7,9,11,13H,8,10H2,1-5H3,(H3,17,18,19). The zero-order chi connectivity index (χ0) is 15.1. The molecule has 0 saturated heterocycles. The quantitative estimate of drug-likeness (QED) is 0.621. The van der Waals surface area contributed by atoms with Crippen molar-refractivity contribution in [1.29, 1.82) is 0 Å². The molecular weight excluding hydrogens is 250 g/mol. The molecule has 1 rings (SSSR count). The third-order valence-electron chi connectivity index (χ3n) is 3.06. The van der Waals surface area contributed by atoms with Gasteiger partial charge in [0.2, 0.25) is 0 Å². The first-order chi connectivity index (χ1) is 9.42. The van der Waals surface area contributed by atoms with Gasteiger partial charge in [0.05, 0.1) is 6.10 Å². The summed E-state index contributed by atoms with van der Waals surface area (Å²) in [6.45, 7) is 9.21. The monoisotopic (exact) mass is 277 g/mol. The molecule has 0 aromatic heterocycles. The topological polar surface area (TPSA) is 59.6 Å². The van der Waals surface area contributed by atoms with Gasteiger partial charge in [-0.3, -0.25) is 4.99 Å². The first-order valence-corrected chi connectivity index (χ1v) is 7.14. The van der Waals surface area contributed by atoms with Gasteiger partial charge < -0.3 is 15.8 Å². The van der Waals surface area contributed by atoms with E-state index < -0.39 is 0 Å². The van der Waals surface area contributed by atoms with Crippen molar-refractivity contribution in [2.75, 3.05) is 7.05 Å². The average Bonchev–Trinajstić information content (AvgIpc) is 2.36. The Morgan fingerprint density at radius 3 is 2.65 bits per heavy atom.